The molecule has 0 fully saturated rings. The van der Waals surface area contributed by atoms with Gasteiger partial charge < -0.3 is 4.98 Å². The van der Waals surface area contributed by atoms with Crippen molar-refractivity contribution >= 4 is 35.4 Å². The minimum Gasteiger partial charge on any atom is -0.332 e. The summed E-state index contributed by atoms with van der Waals surface area (Å²) in [6, 6.07) is 3.65. The average Bonchev–Trinajstić information content (AvgIpc) is 2.22. The molecular weight excluding hydrogens is 286 g/mol. The van der Waals surface area contributed by atoms with E-state index in [1.807, 2.05) is 0 Å². The van der Waals surface area contributed by atoms with Gasteiger partial charge in [-0.15, -0.1) is 0 Å². The van der Waals surface area contributed by atoms with Crippen LogP contribution in [0.3, 0.4) is 0 Å². The summed E-state index contributed by atoms with van der Waals surface area (Å²) < 4.78 is 13.5. The molecule has 0 bridgehead atoms. The quantitative estimate of drug-likeness (QED) is 0.623. The van der Waals surface area contributed by atoms with Crippen molar-refractivity contribution in [2.45, 2.75) is 0 Å². The lowest BCUT2D eigenvalue weighted by Gasteiger charge is -2.05. The summed E-state index contributed by atoms with van der Waals surface area (Å²) in [6.45, 7) is 0. The molecule has 2 rings (SSSR count). The highest BCUT2D eigenvalue weighted by molar-refractivity contribution is 7.71. The molecule has 1 heterocycles. The molecule has 0 aliphatic rings. The summed E-state index contributed by atoms with van der Waals surface area (Å²) in [5.41, 5.74) is 0.264. The average molecular weight is 291 g/mol. The van der Waals surface area contributed by atoms with E-state index in [4.69, 9.17) is 35.4 Å². The first kappa shape index (κ1) is 12.3. The third-order valence-corrected chi connectivity index (χ3v) is 2.87. The number of H-pyrrole nitrogens is 2. The van der Waals surface area contributed by atoms with Gasteiger partial charge in [0.25, 0.3) is 5.56 Å². The minimum atomic E-state index is -0.620. The molecular formula is C10H5Cl2FN2OS. The number of hydrogen-bond acceptors (Lipinski definition) is 2. The Bertz CT molecular complexity index is 667. The van der Waals surface area contributed by atoms with Crippen LogP contribution in [0, 0.1) is 10.6 Å². The highest BCUT2D eigenvalue weighted by Gasteiger charge is 2.10. The fraction of sp³-hybridized carbons (Fsp3) is 0. The lowest BCUT2D eigenvalue weighted by atomic mass is 10.1. The van der Waals surface area contributed by atoms with Gasteiger partial charge in [-0.2, -0.15) is 0 Å². The fourth-order valence-electron chi connectivity index (χ4n) is 1.34. The Morgan fingerprint density at radius 3 is 2.47 bits per heavy atom. The number of halogens is 3. The number of aromatic amines is 2. The zero-order valence-electron chi connectivity index (χ0n) is 8.18. The van der Waals surface area contributed by atoms with Crippen LogP contribution < -0.4 is 5.56 Å². The molecule has 3 nitrogen and oxygen atoms in total. The van der Waals surface area contributed by atoms with Gasteiger partial charge >= 0.3 is 0 Å². The van der Waals surface area contributed by atoms with Crippen molar-refractivity contribution in [2.75, 3.05) is 0 Å². The van der Waals surface area contributed by atoms with Gasteiger partial charge in [-0.25, -0.2) is 4.39 Å². The first-order valence-electron chi connectivity index (χ1n) is 4.46. The van der Waals surface area contributed by atoms with Gasteiger partial charge in [0, 0.05) is 11.6 Å². The Hall–Kier alpha value is -1.17. The van der Waals surface area contributed by atoms with Crippen molar-refractivity contribution in [3.8, 4) is 11.3 Å². The van der Waals surface area contributed by atoms with E-state index in [0.29, 0.717) is 11.3 Å². The number of hydrogen-bond donors (Lipinski definition) is 2. The second kappa shape index (κ2) is 4.60. The zero-order chi connectivity index (χ0) is 12.6. The van der Waals surface area contributed by atoms with Crippen LogP contribution in [0.25, 0.3) is 11.3 Å². The molecule has 1 aromatic heterocycles. The highest BCUT2D eigenvalue weighted by Crippen LogP contribution is 2.30. The van der Waals surface area contributed by atoms with Crippen molar-refractivity contribution in [2.24, 2.45) is 0 Å². The maximum atomic E-state index is 13.3. The van der Waals surface area contributed by atoms with Crippen LogP contribution in [0.4, 0.5) is 4.39 Å². The van der Waals surface area contributed by atoms with Gasteiger partial charge in [0.15, 0.2) is 4.77 Å². The van der Waals surface area contributed by atoms with Gasteiger partial charge in [-0.1, -0.05) is 23.2 Å². The van der Waals surface area contributed by atoms with Crippen LogP contribution in [0.5, 0.6) is 0 Å². The van der Waals surface area contributed by atoms with E-state index in [-0.39, 0.29) is 14.8 Å². The molecule has 0 saturated carbocycles. The maximum Gasteiger partial charge on any atom is 0.252 e. The maximum absolute atomic E-state index is 13.3. The molecule has 0 unspecified atom stereocenters. The van der Waals surface area contributed by atoms with Crippen LogP contribution in [0.15, 0.2) is 23.0 Å². The Labute approximate surface area is 110 Å². The molecule has 0 aliphatic carbocycles. The minimum absolute atomic E-state index is 0.0813. The monoisotopic (exact) mass is 290 g/mol. The van der Waals surface area contributed by atoms with E-state index in [1.54, 1.807) is 0 Å². The molecule has 0 saturated heterocycles. The van der Waals surface area contributed by atoms with E-state index in [2.05, 4.69) is 9.97 Å². The second-order valence-electron chi connectivity index (χ2n) is 3.25. The first-order valence-corrected chi connectivity index (χ1v) is 5.62. The van der Waals surface area contributed by atoms with Crippen LogP contribution in [0.2, 0.25) is 10.0 Å². The lowest BCUT2D eigenvalue weighted by molar-refractivity contribution is 0.628. The summed E-state index contributed by atoms with van der Waals surface area (Å²) >= 11 is 16.3. The molecule has 7 heteroatoms. The van der Waals surface area contributed by atoms with E-state index >= 15 is 0 Å². The summed E-state index contributed by atoms with van der Waals surface area (Å²) in [4.78, 5) is 16.3. The third-order valence-electron chi connectivity index (χ3n) is 2.06. The number of nitrogens with one attached hydrogen (secondary N) is 2. The smallest absolute Gasteiger partial charge is 0.252 e. The fourth-order valence-corrected chi connectivity index (χ4v) is 2.04. The van der Waals surface area contributed by atoms with Gasteiger partial charge in [-0.05, 0) is 24.4 Å². The molecule has 17 heavy (non-hydrogen) atoms. The van der Waals surface area contributed by atoms with Crippen molar-refractivity contribution in [3.63, 3.8) is 0 Å². The topological polar surface area (TPSA) is 48.6 Å². The van der Waals surface area contributed by atoms with E-state index in [1.165, 1.54) is 12.1 Å². The highest BCUT2D eigenvalue weighted by atomic mass is 35.5. The molecule has 0 spiro atoms. The summed E-state index contributed by atoms with van der Waals surface area (Å²) in [5, 5.41) is 0.148. The predicted molar refractivity (Wildman–Crippen MR) is 67.7 cm³/mol. The Morgan fingerprint density at radius 1 is 1.12 bits per heavy atom. The van der Waals surface area contributed by atoms with E-state index in [9.17, 15) is 9.18 Å². The summed E-state index contributed by atoms with van der Waals surface area (Å²) in [5.74, 6) is -0.620. The van der Waals surface area contributed by atoms with E-state index in [0.717, 1.165) is 6.07 Å². The van der Waals surface area contributed by atoms with Crippen LogP contribution >= 0.6 is 35.4 Å². The lowest BCUT2D eigenvalue weighted by Crippen LogP contribution is -2.06. The number of rotatable bonds is 1. The van der Waals surface area contributed by atoms with Crippen molar-refractivity contribution in [1.29, 1.82) is 0 Å². The molecule has 0 amide bonds. The van der Waals surface area contributed by atoms with Gasteiger partial charge in [0.2, 0.25) is 0 Å². The molecule has 88 valence electrons. The van der Waals surface area contributed by atoms with Crippen LogP contribution in [0.1, 0.15) is 0 Å². The van der Waals surface area contributed by atoms with Crippen LogP contribution in [-0.2, 0) is 0 Å². The SMILES string of the molecule is O=c1cc(-c2cc(F)c(Cl)cc2Cl)[nH]c(=S)[nH]1. The molecule has 0 radical (unpaired) electrons. The van der Waals surface area contributed by atoms with Gasteiger partial charge in [0.1, 0.15) is 5.82 Å². The molecule has 0 aliphatic heterocycles. The first-order chi connectivity index (χ1) is 7.97. The van der Waals surface area contributed by atoms with Gasteiger partial charge in [0.05, 0.1) is 15.7 Å². The number of aromatic nitrogens is 2. The normalized spacial score (nSPS) is 10.5. The Kier molecular flexibility index (Phi) is 3.33. The molecule has 2 aromatic rings. The summed E-state index contributed by atoms with van der Waals surface area (Å²) in [6.07, 6.45) is 0. The number of benzene rings is 1. The molecule has 0 atom stereocenters. The summed E-state index contributed by atoms with van der Waals surface area (Å²) in [7, 11) is 0. The standard InChI is InChI=1S/C10H5Cl2FN2OS/c11-5-2-6(12)7(13)1-4(5)8-3-9(16)15-10(17)14-8/h1-3H,(H2,14,15,16,17). The van der Waals surface area contributed by atoms with Crippen LogP contribution in [-0.4, -0.2) is 9.97 Å². The largest absolute Gasteiger partial charge is 0.332 e. The Morgan fingerprint density at radius 2 is 1.82 bits per heavy atom. The predicted octanol–water partition coefficient (Wildman–Crippen LogP) is 3.55. The second-order valence-corrected chi connectivity index (χ2v) is 4.47. The Balaban J connectivity index is 2.72. The van der Waals surface area contributed by atoms with Crippen molar-refractivity contribution in [1.82, 2.24) is 9.97 Å². The van der Waals surface area contributed by atoms with E-state index < -0.39 is 11.4 Å². The molecule has 1 aromatic carbocycles. The van der Waals surface area contributed by atoms with Gasteiger partial charge in [-0.3, -0.25) is 9.78 Å². The van der Waals surface area contributed by atoms with Crippen molar-refractivity contribution < 1.29 is 4.39 Å². The zero-order valence-corrected chi connectivity index (χ0v) is 10.5. The molecule has 2 N–H and O–H groups in total. The van der Waals surface area contributed by atoms with Crippen molar-refractivity contribution in [3.05, 3.63) is 49.2 Å². The third kappa shape index (κ3) is 2.57.